The normalized spacial score (nSPS) is 11.9. The molecule has 11 rings (SSSR count). The van der Waals surface area contributed by atoms with E-state index >= 15 is 0 Å². The van der Waals surface area contributed by atoms with Crippen molar-refractivity contribution in [1.29, 1.82) is 0 Å². The molecule has 0 saturated heterocycles. The lowest BCUT2D eigenvalue weighted by atomic mass is 10.1. The van der Waals surface area contributed by atoms with E-state index in [9.17, 15) is 4.39 Å². The van der Waals surface area contributed by atoms with Gasteiger partial charge in [-0.05, 0) is 78.9 Å². The summed E-state index contributed by atoms with van der Waals surface area (Å²) in [6.45, 7) is 0. The minimum Gasteiger partial charge on any atom is -0.309 e. The SMILES string of the molecule is Fc1cccc(-n2c3ccccc3c3cccc(N(c4ccc5c(c4)sc4ccccc45)c4ccc5c6ccccc6n(-c6ccccc6)c5c4)c32)c1. The number of aromatic nitrogens is 2. The monoisotopic (exact) mass is 699 g/mol. The zero-order chi connectivity index (χ0) is 35.0. The maximum atomic E-state index is 15.0. The zero-order valence-corrected chi connectivity index (χ0v) is 29.3. The molecule has 0 saturated carbocycles. The van der Waals surface area contributed by atoms with Crippen LogP contribution < -0.4 is 4.90 Å². The molecule has 0 spiro atoms. The zero-order valence-electron chi connectivity index (χ0n) is 28.4. The third kappa shape index (κ3) is 4.57. The van der Waals surface area contributed by atoms with Gasteiger partial charge < -0.3 is 14.0 Å². The fourth-order valence-corrected chi connectivity index (χ4v) is 9.44. The highest BCUT2D eigenvalue weighted by atomic mass is 32.1. The molecule has 53 heavy (non-hydrogen) atoms. The third-order valence-corrected chi connectivity index (χ3v) is 11.7. The van der Waals surface area contributed by atoms with Crippen molar-refractivity contribution < 1.29 is 4.39 Å². The average molecular weight is 700 g/mol. The van der Waals surface area contributed by atoms with Crippen LogP contribution in [0.1, 0.15) is 0 Å². The summed E-state index contributed by atoms with van der Waals surface area (Å²) in [5.74, 6) is -0.267. The van der Waals surface area contributed by atoms with Gasteiger partial charge in [-0.25, -0.2) is 4.39 Å². The molecule has 0 radical (unpaired) electrons. The summed E-state index contributed by atoms with van der Waals surface area (Å²) < 4.78 is 22.1. The molecule has 0 aliphatic carbocycles. The summed E-state index contributed by atoms with van der Waals surface area (Å²) in [4.78, 5) is 2.38. The van der Waals surface area contributed by atoms with Gasteiger partial charge in [-0.15, -0.1) is 11.3 Å². The van der Waals surface area contributed by atoms with E-state index in [-0.39, 0.29) is 5.82 Å². The number of rotatable bonds is 5. The summed E-state index contributed by atoms with van der Waals surface area (Å²) in [5, 5.41) is 7.15. The maximum absolute atomic E-state index is 15.0. The molecular weight excluding hydrogens is 670 g/mol. The van der Waals surface area contributed by atoms with Crippen molar-refractivity contribution >= 4 is 92.2 Å². The van der Waals surface area contributed by atoms with Gasteiger partial charge >= 0.3 is 0 Å². The smallest absolute Gasteiger partial charge is 0.125 e. The van der Waals surface area contributed by atoms with Crippen LogP contribution in [-0.4, -0.2) is 9.13 Å². The van der Waals surface area contributed by atoms with Crippen LogP contribution in [0.25, 0.3) is 75.2 Å². The van der Waals surface area contributed by atoms with Crippen LogP contribution in [0.2, 0.25) is 0 Å². The van der Waals surface area contributed by atoms with Crippen LogP contribution in [0.4, 0.5) is 21.5 Å². The quantitative estimate of drug-likeness (QED) is 0.174. The summed E-state index contributed by atoms with van der Waals surface area (Å²) >= 11 is 1.82. The van der Waals surface area contributed by atoms with Crippen molar-refractivity contribution in [3.63, 3.8) is 0 Å². The van der Waals surface area contributed by atoms with Gasteiger partial charge in [-0.1, -0.05) is 103 Å². The number of anilines is 3. The summed E-state index contributed by atoms with van der Waals surface area (Å²) in [6.07, 6.45) is 0. The Labute approximate surface area is 308 Å². The number of para-hydroxylation sites is 4. The van der Waals surface area contributed by atoms with Crippen molar-refractivity contribution in [2.24, 2.45) is 0 Å². The second kappa shape index (κ2) is 11.7. The molecular formula is C48H30FN3S. The Hall–Kier alpha value is -6.69. The number of halogens is 1. The van der Waals surface area contributed by atoms with Crippen LogP contribution in [0.15, 0.2) is 182 Å². The minimum absolute atomic E-state index is 0.267. The van der Waals surface area contributed by atoms with E-state index in [0.717, 1.165) is 61.3 Å². The van der Waals surface area contributed by atoms with Crippen LogP contribution in [0.5, 0.6) is 0 Å². The summed E-state index contributed by atoms with van der Waals surface area (Å²) in [6, 6.07) is 63.4. The molecule has 11 aromatic rings. The molecule has 0 bridgehead atoms. The first kappa shape index (κ1) is 30.0. The second-order valence-electron chi connectivity index (χ2n) is 13.5. The van der Waals surface area contributed by atoms with Crippen LogP contribution in [0.3, 0.4) is 0 Å². The molecule has 0 amide bonds. The van der Waals surface area contributed by atoms with E-state index in [4.69, 9.17) is 0 Å². The Bertz CT molecular complexity index is 3210. The van der Waals surface area contributed by atoms with Gasteiger partial charge in [0.1, 0.15) is 5.82 Å². The molecule has 250 valence electrons. The van der Waals surface area contributed by atoms with Gasteiger partial charge in [0.2, 0.25) is 0 Å². The molecule has 0 unspecified atom stereocenters. The predicted molar refractivity (Wildman–Crippen MR) is 223 cm³/mol. The fraction of sp³-hybridized carbons (Fsp3) is 0. The maximum Gasteiger partial charge on any atom is 0.125 e. The molecule has 8 aromatic carbocycles. The Morgan fingerprint density at radius 2 is 0.981 bits per heavy atom. The van der Waals surface area contributed by atoms with E-state index in [0.29, 0.717) is 0 Å². The van der Waals surface area contributed by atoms with E-state index in [1.54, 1.807) is 12.1 Å². The fourth-order valence-electron chi connectivity index (χ4n) is 8.30. The van der Waals surface area contributed by atoms with Crippen LogP contribution in [-0.2, 0) is 0 Å². The molecule has 3 aromatic heterocycles. The summed E-state index contributed by atoms with van der Waals surface area (Å²) in [7, 11) is 0. The molecule has 0 N–H and O–H groups in total. The van der Waals surface area contributed by atoms with Gasteiger partial charge in [0.05, 0.1) is 27.8 Å². The summed E-state index contributed by atoms with van der Waals surface area (Å²) in [5.41, 5.74) is 9.31. The molecule has 0 atom stereocenters. The Kier molecular flexibility index (Phi) is 6.60. The average Bonchev–Trinajstić information content (AvgIpc) is 3.86. The van der Waals surface area contributed by atoms with E-state index in [1.165, 1.54) is 37.0 Å². The van der Waals surface area contributed by atoms with Crippen molar-refractivity contribution in [1.82, 2.24) is 9.13 Å². The lowest BCUT2D eigenvalue weighted by Crippen LogP contribution is -2.12. The number of benzene rings is 8. The van der Waals surface area contributed by atoms with Gasteiger partial charge in [0, 0.05) is 64.5 Å². The highest BCUT2D eigenvalue weighted by molar-refractivity contribution is 7.25. The van der Waals surface area contributed by atoms with E-state index in [1.807, 2.05) is 17.4 Å². The first-order valence-electron chi connectivity index (χ1n) is 17.8. The highest BCUT2D eigenvalue weighted by Gasteiger charge is 2.23. The minimum atomic E-state index is -0.267. The van der Waals surface area contributed by atoms with Crippen molar-refractivity contribution in [2.75, 3.05) is 4.90 Å². The molecule has 5 heteroatoms. The Morgan fingerprint density at radius 3 is 1.79 bits per heavy atom. The van der Waals surface area contributed by atoms with Gasteiger partial charge in [0.15, 0.2) is 0 Å². The predicted octanol–water partition coefficient (Wildman–Crippen LogP) is 13.9. The number of fused-ring (bicyclic) bond motifs is 9. The van der Waals surface area contributed by atoms with Crippen molar-refractivity contribution in [3.8, 4) is 11.4 Å². The van der Waals surface area contributed by atoms with E-state index in [2.05, 4.69) is 172 Å². The van der Waals surface area contributed by atoms with Crippen molar-refractivity contribution in [3.05, 3.63) is 188 Å². The first-order chi connectivity index (χ1) is 26.2. The largest absolute Gasteiger partial charge is 0.309 e. The van der Waals surface area contributed by atoms with Gasteiger partial charge in [0.25, 0.3) is 0 Å². The van der Waals surface area contributed by atoms with Crippen LogP contribution >= 0.6 is 11.3 Å². The number of nitrogens with zero attached hydrogens (tertiary/aromatic N) is 3. The lowest BCUT2D eigenvalue weighted by Gasteiger charge is -2.27. The van der Waals surface area contributed by atoms with Gasteiger partial charge in [-0.2, -0.15) is 0 Å². The first-order valence-corrected chi connectivity index (χ1v) is 18.6. The Morgan fingerprint density at radius 1 is 0.396 bits per heavy atom. The third-order valence-electron chi connectivity index (χ3n) is 10.5. The number of hydrogen-bond donors (Lipinski definition) is 0. The van der Waals surface area contributed by atoms with E-state index < -0.39 is 0 Å². The second-order valence-corrected chi connectivity index (χ2v) is 14.6. The molecule has 3 nitrogen and oxygen atoms in total. The standard InChI is InChI=1S/C48H30FN3S/c49-31-12-10-15-33(28-31)52-43-21-8-5-17-37(43)41-19-11-22-44(48(41)52)50(35-25-27-40-39-18-6-9-23-46(39)53-47(40)30-35)34-24-26-38-36-16-4-7-20-42(36)51(45(38)29-34)32-13-2-1-3-14-32/h1-30H. The molecule has 0 aliphatic heterocycles. The van der Waals surface area contributed by atoms with Crippen molar-refractivity contribution in [2.45, 2.75) is 0 Å². The number of hydrogen-bond acceptors (Lipinski definition) is 2. The molecule has 3 heterocycles. The molecule has 0 aliphatic rings. The lowest BCUT2D eigenvalue weighted by molar-refractivity contribution is 0.627. The molecule has 0 fully saturated rings. The topological polar surface area (TPSA) is 13.1 Å². The van der Waals surface area contributed by atoms with Crippen LogP contribution in [0, 0.1) is 5.82 Å². The highest BCUT2D eigenvalue weighted by Crippen LogP contribution is 2.46. The van der Waals surface area contributed by atoms with Gasteiger partial charge in [-0.3, -0.25) is 0 Å². The number of thiophene rings is 1. The Balaban J connectivity index is 1.25.